The van der Waals surface area contributed by atoms with Crippen LogP contribution in [0.3, 0.4) is 0 Å². The van der Waals surface area contributed by atoms with Gasteiger partial charge < -0.3 is 0 Å². The molecule has 0 aliphatic heterocycles. The zero-order valence-corrected chi connectivity index (χ0v) is 6.77. The molecule has 8 heavy (non-hydrogen) atoms. The summed E-state index contributed by atoms with van der Waals surface area (Å²) in [6, 6.07) is 0. The van der Waals surface area contributed by atoms with Gasteiger partial charge in [-0.1, -0.05) is 6.92 Å². The summed E-state index contributed by atoms with van der Waals surface area (Å²) in [6.45, 7) is 2.40. The molecule has 0 nitrogen and oxygen atoms in total. The summed E-state index contributed by atoms with van der Waals surface area (Å²) in [5, 5.41) is 0. The first-order chi connectivity index (χ1) is 3.77. The van der Waals surface area contributed by atoms with Crippen LogP contribution in [0, 0.1) is 5.41 Å². The van der Waals surface area contributed by atoms with Gasteiger partial charge in [-0.3, -0.25) is 0 Å². The molecule has 0 aromatic rings. The summed E-state index contributed by atoms with van der Waals surface area (Å²) in [7, 11) is 2.79. The molecule has 48 valence electrons. The summed E-state index contributed by atoms with van der Waals surface area (Å²) in [5.41, 5.74) is 0.788. The van der Waals surface area contributed by atoms with Crippen molar-refractivity contribution in [2.75, 3.05) is 6.16 Å². The van der Waals surface area contributed by atoms with Crippen LogP contribution < -0.4 is 0 Å². The predicted molar refractivity (Wildman–Crippen MR) is 41.2 cm³/mol. The molecule has 0 radical (unpaired) electrons. The largest absolute Gasteiger partial charge is 0.138 e. The lowest BCUT2D eigenvalue weighted by Gasteiger charge is -2.03. The molecule has 1 aliphatic rings. The van der Waals surface area contributed by atoms with Crippen molar-refractivity contribution in [1.29, 1.82) is 0 Å². The molecule has 1 saturated carbocycles. The molecule has 1 fully saturated rings. The lowest BCUT2D eigenvalue weighted by atomic mass is 10.0. The van der Waals surface area contributed by atoms with Gasteiger partial charge in [0.25, 0.3) is 0 Å². The average Bonchev–Trinajstić information content (AvgIpc) is 2.45. The van der Waals surface area contributed by atoms with Gasteiger partial charge in [0.05, 0.1) is 0 Å². The lowest BCUT2D eigenvalue weighted by Crippen LogP contribution is -1.91. The van der Waals surface area contributed by atoms with E-state index in [9.17, 15) is 0 Å². The highest BCUT2D eigenvalue weighted by atomic mass is 31.0. The average molecular weight is 130 g/mol. The Hall–Kier alpha value is 0.430. The normalized spacial score (nSPS) is 23.2. The van der Waals surface area contributed by atoms with Crippen molar-refractivity contribution in [2.24, 2.45) is 5.41 Å². The summed E-state index contributed by atoms with van der Waals surface area (Å²) in [6.07, 6.45) is 7.11. The van der Waals surface area contributed by atoms with Crippen LogP contribution in [-0.4, -0.2) is 6.16 Å². The Kier molecular flexibility index (Phi) is 1.92. The quantitative estimate of drug-likeness (QED) is 0.515. The Morgan fingerprint density at radius 1 is 1.50 bits per heavy atom. The third kappa shape index (κ3) is 1.74. The molecule has 1 atom stereocenters. The van der Waals surface area contributed by atoms with Crippen LogP contribution in [0.2, 0.25) is 0 Å². The second-order valence-electron chi connectivity index (χ2n) is 3.20. The first kappa shape index (κ1) is 6.55. The minimum absolute atomic E-state index is 0.788. The third-order valence-electron chi connectivity index (χ3n) is 2.09. The van der Waals surface area contributed by atoms with E-state index in [0.717, 1.165) is 5.41 Å². The second-order valence-corrected chi connectivity index (χ2v) is 3.78. The van der Waals surface area contributed by atoms with E-state index in [0.29, 0.717) is 0 Å². The Balaban J connectivity index is 2.01. The molecular formula is C7H15P. The van der Waals surface area contributed by atoms with E-state index < -0.39 is 0 Å². The predicted octanol–water partition coefficient (Wildman–Crippen LogP) is 2.44. The fourth-order valence-electron chi connectivity index (χ4n) is 0.992. The Morgan fingerprint density at radius 2 is 2.12 bits per heavy atom. The monoisotopic (exact) mass is 130 g/mol. The Morgan fingerprint density at radius 3 is 2.50 bits per heavy atom. The van der Waals surface area contributed by atoms with Crippen LogP contribution >= 0.6 is 9.24 Å². The van der Waals surface area contributed by atoms with Gasteiger partial charge in [0.2, 0.25) is 0 Å². The van der Waals surface area contributed by atoms with Gasteiger partial charge in [0, 0.05) is 0 Å². The molecule has 0 aromatic heterocycles. The van der Waals surface area contributed by atoms with Crippen LogP contribution in [0.25, 0.3) is 0 Å². The Bertz CT molecular complexity index is 74.5. The highest BCUT2D eigenvalue weighted by Gasteiger charge is 2.35. The van der Waals surface area contributed by atoms with Gasteiger partial charge in [-0.15, -0.1) is 9.24 Å². The SMILES string of the molecule is CC1(CCCP)CC1. The zero-order valence-electron chi connectivity index (χ0n) is 5.61. The molecule has 0 spiro atoms. The molecule has 0 aromatic carbocycles. The number of rotatable bonds is 3. The van der Waals surface area contributed by atoms with E-state index in [1.807, 2.05) is 0 Å². The van der Waals surface area contributed by atoms with Crippen molar-refractivity contribution in [3.8, 4) is 0 Å². The molecule has 1 aliphatic carbocycles. The zero-order chi connectivity index (χ0) is 6.04. The van der Waals surface area contributed by atoms with Gasteiger partial charge in [-0.2, -0.15) is 0 Å². The molecule has 0 saturated heterocycles. The maximum Gasteiger partial charge on any atom is -0.0325 e. The van der Waals surface area contributed by atoms with Crippen molar-refractivity contribution < 1.29 is 0 Å². The molecule has 1 heteroatoms. The van der Waals surface area contributed by atoms with E-state index in [1.165, 1.54) is 31.8 Å². The summed E-state index contributed by atoms with van der Waals surface area (Å²) >= 11 is 0. The first-order valence-corrected chi connectivity index (χ1v) is 4.29. The summed E-state index contributed by atoms with van der Waals surface area (Å²) in [4.78, 5) is 0. The topological polar surface area (TPSA) is 0 Å². The van der Waals surface area contributed by atoms with E-state index in [-0.39, 0.29) is 0 Å². The fourth-order valence-corrected chi connectivity index (χ4v) is 1.20. The van der Waals surface area contributed by atoms with E-state index in [4.69, 9.17) is 0 Å². The van der Waals surface area contributed by atoms with Gasteiger partial charge in [0.15, 0.2) is 0 Å². The third-order valence-corrected chi connectivity index (χ3v) is 2.50. The Labute approximate surface area is 54.3 Å². The van der Waals surface area contributed by atoms with E-state index in [2.05, 4.69) is 16.2 Å². The summed E-state index contributed by atoms with van der Waals surface area (Å²) in [5.74, 6) is 0. The van der Waals surface area contributed by atoms with Crippen LogP contribution in [0.5, 0.6) is 0 Å². The molecule has 0 N–H and O–H groups in total. The highest BCUT2D eigenvalue weighted by molar-refractivity contribution is 7.16. The maximum absolute atomic E-state index is 2.79. The molecular weight excluding hydrogens is 115 g/mol. The van der Waals surface area contributed by atoms with Gasteiger partial charge >= 0.3 is 0 Å². The van der Waals surface area contributed by atoms with Crippen molar-refractivity contribution in [3.05, 3.63) is 0 Å². The van der Waals surface area contributed by atoms with Crippen LogP contribution in [0.4, 0.5) is 0 Å². The molecule has 0 amide bonds. The highest BCUT2D eigenvalue weighted by Crippen LogP contribution is 2.48. The molecule has 0 heterocycles. The van der Waals surface area contributed by atoms with Crippen molar-refractivity contribution >= 4 is 9.24 Å². The lowest BCUT2D eigenvalue weighted by molar-refractivity contribution is 0.512. The van der Waals surface area contributed by atoms with Crippen molar-refractivity contribution in [2.45, 2.75) is 32.6 Å². The first-order valence-electron chi connectivity index (χ1n) is 3.47. The molecule has 1 unspecified atom stereocenters. The van der Waals surface area contributed by atoms with Crippen LogP contribution in [-0.2, 0) is 0 Å². The van der Waals surface area contributed by atoms with Gasteiger partial charge in [-0.25, -0.2) is 0 Å². The number of hydrogen-bond donors (Lipinski definition) is 0. The van der Waals surface area contributed by atoms with E-state index >= 15 is 0 Å². The molecule has 0 bridgehead atoms. The van der Waals surface area contributed by atoms with Crippen LogP contribution in [0.1, 0.15) is 32.6 Å². The van der Waals surface area contributed by atoms with Crippen LogP contribution in [0.15, 0.2) is 0 Å². The van der Waals surface area contributed by atoms with Gasteiger partial charge in [0.1, 0.15) is 0 Å². The minimum atomic E-state index is 0.788. The summed E-state index contributed by atoms with van der Waals surface area (Å²) < 4.78 is 0. The standard InChI is InChI=1S/C7H15P/c1-7(4-5-7)3-2-6-8/h2-6,8H2,1H3. The smallest absolute Gasteiger partial charge is 0.0325 e. The van der Waals surface area contributed by atoms with Crippen molar-refractivity contribution in [1.82, 2.24) is 0 Å². The minimum Gasteiger partial charge on any atom is -0.138 e. The second kappa shape index (κ2) is 2.35. The maximum atomic E-state index is 2.79. The molecule has 1 rings (SSSR count). The fraction of sp³-hybridized carbons (Fsp3) is 1.00. The van der Waals surface area contributed by atoms with Gasteiger partial charge in [-0.05, 0) is 37.3 Å². The van der Waals surface area contributed by atoms with Crippen molar-refractivity contribution in [3.63, 3.8) is 0 Å². The van der Waals surface area contributed by atoms with E-state index in [1.54, 1.807) is 0 Å². The number of hydrogen-bond acceptors (Lipinski definition) is 0.